The Hall–Kier alpha value is -2.11. The number of carbonyl (C=O) groups is 2. The van der Waals surface area contributed by atoms with Crippen LogP contribution in [0.5, 0.6) is 5.75 Å². The van der Waals surface area contributed by atoms with Crippen LogP contribution >= 0.6 is 0 Å². The number of hydrogen-bond acceptors (Lipinski definition) is 3. The van der Waals surface area contributed by atoms with E-state index in [0.29, 0.717) is 6.42 Å². The highest BCUT2D eigenvalue weighted by Crippen LogP contribution is 2.15. The zero-order chi connectivity index (χ0) is 14.3. The SMILES string of the molecule is CC(NC(=O)CCCOc1ccccc1F)C(=O)O. The van der Waals surface area contributed by atoms with Crippen molar-refractivity contribution in [1.29, 1.82) is 0 Å². The second kappa shape index (κ2) is 7.35. The first kappa shape index (κ1) is 14.9. The fourth-order valence-electron chi connectivity index (χ4n) is 1.35. The third-order valence-electron chi connectivity index (χ3n) is 2.39. The van der Waals surface area contributed by atoms with Crippen molar-refractivity contribution in [3.63, 3.8) is 0 Å². The molecule has 1 unspecified atom stereocenters. The van der Waals surface area contributed by atoms with Gasteiger partial charge < -0.3 is 15.2 Å². The first-order valence-electron chi connectivity index (χ1n) is 5.90. The molecule has 19 heavy (non-hydrogen) atoms. The van der Waals surface area contributed by atoms with E-state index in [1.54, 1.807) is 12.1 Å². The number of para-hydroxylation sites is 1. The van der Waals surface area contributed by atoms with Crippen LogP contribution in [0.15, 0.2) is 24.3 Å². The van der Waals surface area contributed by atoms with Gasteiger partial charge in [-0.15, -0.1) is 0 Å². The number of ether oxygens (including phenoxy) is 1. The molecule has 0 aromatic heterocycles. The van der Waals surface area contributed by atoms with Gasteiger partial charge in [0, 0.05) is 6.42 Å². The van der Waals surface area contributed by atoms with E-state index in [0.717, 1.165) is 0 Å². The molecule has 0 fully saturated rings. The van der Waals surface area contributed by atoms with Crippen molar-refractivity contribution >= 4 is 11.9 Å². The molecule has 1 aromatic rings. The molecule has 0 saturated carbocycles. The van der Waals surface area contributed by atoms with Crippen molar-refractivity contribution in [3.05, 3.63) is 30.1 Å². The summed E-state index contributed by atoms with van der Waals surface area (Å²) in [6.07, 6.45) is 0.512. The lowest BCUT2D eigenvalue weighted by Crippen LogP contribution is -2.38. The van der Waals surface area contributed by atoms with E-state index in [1.807, 2.05) is 0 Å². The van der Waals surface area contributed by atoms with Crippen molar-refractivity contribution in [2.24, 2.45) is 0 Å². The van der Waals surface area contributed by atoms with E-state index >= 15 is 0 Å². The average molecular weight is 269 g/mol. The number of carboxylic acids is 1. The number of carbonyl (C=O) groups excluding carboxylic acids is 1. The number of rotatable bonds is 7. The predicted octanol–water partition coefficient (Wildman–Crippen LogP) is 1.57. The first-order valence-corrected chi connectivity index (χ1v) is 5.90. The van der Waals surface area contributed by atoms with Crippen LogP contribution in [0.2, 0.25) is 0 Å². The molecule has 1 rings (SSSR count). The number of aliphatic carboxylic acids is 1. The molecule has 0 saturated heterocycles. The number of hydrogen-bond donors (Lipinski definition) is 2. The fraction of sp³-hybridized carbons (Fsp3) is 0.385. The van der Waals surface area contributed by atoms with Crippen LogP contribution in [0.3, 0.4) is 0 Å². The van der Waals surface area contributed by atoms with Crippen molar-refractivity contribution in [2.45, 2.75) is 25.8 Å². The molecule has 104 valence electrons. The molecular formula is C13H16FNO4. The van der Waals surface area contributed by atoms with Gasteiger partial charge in [-0.25, -0.2) is 4.39 Å². The molecule has 0 aliphatic heterocycles. The van der Waals surface area contributed by atoms with Crippen molar-refractivity contribution in [1.82, 2.24) is 5.32 Å². The molecule has 1 atom stereocenters. The Balaban J connectivity index is 2.23. The van der Waals surface area contributed by atoms with E-state index in [4.69, 9.17) is 9.84 Å². The Morgan fingerprint density at radius 2 is 2.11 bits per heavy atom. The Morgan fingerprint density at radius 1 is 1.42 bits per heavy atom. The Morgan fingerprint density at radius 3 is 2.74 bits per heavy atom. The smallest absolute Gasteiger partial charge is 0.325 e. The van der Waals surface area contributed by atoms with Crippen LogP contribution < -0.4 is 10.1 Å². The summed E-state index contributed by atoms with van der Waals surface area (Å²) in [6, 6.07) is 5.08. The van der Waals surface area contributed by atoms with Crippen LogP contribution in [0.1, 0.15) is 19.8 Å². The van der Waals surface area contributed by atoms with Gasteiger partial charge in [0.05, 0.1) is 6.61 Å². The van der Waals surface area contributed by atoms with Gasteiger partial charge in [-0.3, -0.25) is 9.59 Å². The summed E-state index contributed by atoms with van der Waals surface area (Å²) < 4.78 is 18.3. The van der Waals surface area contributed by atoms with Gasteiger partial charge in [0.25, 0.3) is 0 Å². The Labute approximate surface area is 110 Å². The van der Waals surface area contributed by atoms with E-state index in [9.17, 15) is 14.0 Å². The summed E-state index contributed by atoms with van der Waals surface area (Å²) in [6.45, 7) is 1.58. The molecule has 0 radical (unpaired) electrons. The lowest BCUT2D eigenvalue weighted by molar-refractivity contribution is -0.141. The standard InChI is InChI=1S/C13H16FNO4/c1-9(13(17)18)15-12(16)7-4-8-19-11-6-3-2-5-10(11)14/h2-3,5-6,9H,4,7-8H2,1H3,(H,15,16)(H,17,18). The molecule has 5 nitrogen and oxygen atoms in total. The summed E-state index contributed by atoms with van der Waals surface area (Å²) in [4.78, 5) is 21.8. The first-order chi connectivity index (χ1) is 9.00. The van der Waals surface area contributed by atoms with Crippen molar-refractivity contribution in [2.75, 3.05) is 6.61 Å². The zero-order valence-corrected chi connectivity index (χ0v) is 10.6. The lowest BCUT2D eigenvalue weighted by atomic mass is 10.2. The van der Waals surface area contributed by atoms with Gasteiger partial charge >= 0.3 is 5.97 Å². The summed E-state index contributed by atoms with van der Waals surface area (Å²) in [5, 5.41) is 10.9. The average Bonchev–Trinajstić information content (AvgIpc) is 2.36. The maximum absolute atomic E-state index is 13.2. The minimum Gasteiger partial charge on any atom is -0.491 e. The molecule has 6 heteroatoms. The van der Waals surface area contributed by atoms with Crippen LogP contribution in [0.25, 0.3) is 0 Å². The molecule has 1 aromatic carbocycles. The predicted molar refractivity (Wildman–Crippen MR) is 66.4 cm³/mol. The lowest BCUT2D eigenvalue weighted by Gasteiger charge is -2.09. The minimum absolute atomic E-state index is 0.131. The van der Waals surface area contributed by atoms with Gasteiger partial charge in [-0.05, 0) is 25.5 Å². The second-order valence-electron chi connectivity index (χ2n) is 4.01. The molecule has 0 bridgehead atoms. The largest absolute Gasteiger partial charge is 0.491 e. The highest BCUT2D eigenvalue weighted by molar-refractivity contribution is 5.83. The molecule has 0 heterocycles. The fourth-order valence-corrected chi connectivity index (χ4v) is 1.35. The second-order valence-corrected chi connectivity index (χ2v) is 4.01. The topological polar surface area (TPSA) is 75.6 Å². The number of nitrogens with one attached hydrogen (secondary N) is 1. The van der Waals surface area contributed by atoms with Gasteiger partial charge in [0.1, 0.15) is 6.04 Å². The van der Waals surface area contributed by atoms with E-state index in [-0.39, 0.29) is 24.7 Å². The molecule has 0 aliphatic carbocycles. The number of halogens is 1. The quantitative estimate of drug-likeness (QED) is 0.737. The van der Waals surface area contributed by atoms with Crippen LogP contribution in [0.4, 0.5) is 4.39 Å². The van der Waals surface area contributed by atoms with Gasteiger partial charge in [-0.2, -0.15) is 0 Å². The van der Waals surface area contributed by atoms with Crippen LogP contribution in [0, 0.1) is 5.82 Å². The monoisotopic (exact) mass is 269 g/mol. The van der Waals surface area contributed by atoms with E-state index < -0.39 is 17.8 Å². The Kier molecular flexibility index (Phi) is 5.78. The molecular weight excluding hydrogens is 253 g/mol. The zero-order valence-electron chi connectivity index (χ0n) is 10.6. The van der Waals surface area contributed by atoms with E-state index in [1.165, 1.54) is 19.1 Å². The third kappa shape index (κ3) is 5.37. The Bertz CT molecular complexity index is 450. The number of benzene rings is 1. The van der Waals surface area contributed by atoms with E-state index in [2.05, 4.69) is 5.32 Å². The summed E-state index contributed by atoms with van der Waals surface area (Å²) in [5.74, 6) is -1.77. The molecule has 1 amide bonds. The minimum atomic E-state index is -1.09. The van der Waals surface area contributed by atoms with Crippen molar-refractivity contribution in [3.8, 4) is 5.75 Å². The molecule has 0 spiro atoms. The molecule has 0 aliphatic rings. The highest BCUT2D eigenvalue weighted by Gasteiger charge is 2.13. The number of carboxylic acid groups (broad SMARTS) is 1. The highest BCUT2D eigenvalue weighted by atomic mass is 19.1. The summed E-state index contributed by atoms with van der Waals surface area (Å²) >= 11 is 0. The third-order valence-corrected chi connectivity index (χ3v) is 2.39. The summed E-state index contributed by atoms with van der Waals surface area (Å²) in [7, 11) is 0. The molecule has 2 N–H and O–H groups in total. The van der Waals surface area contributed by atoms with Gasteiger partial charge in [-0.1, -0.05) is 12.1 Å². The summed E-state index contributed by atoms with van der Waals surface area (Å²) in [5.41, 5.74) is 0. The van der Waals surface area contributed by atoms with Gasteiger partial charge in [0.15, 0.2) is 11.6 Å². The maximum Gasteiger partial charge on any atom is 0.325 e. The normalized spacial score (nSPS) is 11.7. The van der Waals surface area contributed by atoms with Crippen LogP contribution in [-0.2, 0) is 9.59 Å². The van der Waals surface area contributed by atoms with Crippen LogP contribution in [-0.4, -0.2) is 29.6 Å². The number of amides is 1. The maximum atomic E-state index is 13.2. The van der Waals surface area contributed by atoms with Gasteiger partial charge in [0.2, 0.25) is 5.91 Å². The van der Waals surface area contributed by atoms with Crippen molar-refractivity contribution < 1.29 is 23.8 Å².